The van der Waals surface area contributed by atoms with Crippen LogP contribution < -0.4 is 0 Å². The van der Waals surface area contributed by atoms with Crippen LogP contribution in [0.1, 0.15) is 15.9 Å². The minimum atomic E-state index is -0.205. The maximum absolute atomic E-state index is 11.4. The van der Waals surface area contributed by atoms with Crippen LogP contribution in [0.15, 0.2) is 18.2 Å². The molecule has 0 bridgehead atoms. The zero-order chi connectivity index (χ0) is 9.84. The van der Waals surface area contributed by atoms with Gasteiger partial charge in [0.25, 0.3) is 0 Å². The molecule has 1 rings (SSSR count). The largest absolute Gasteiger partial charge is 0.467 e. The van der Waals surface area contributed by atoms with Gasteiger partial charge in [0.15, 0.2) is 0 Å². The average Bonchev–Trinajstić information content (AvgIpc) is 2.09. The van der Waals surface area contributed by atoms with E-state index in [2.05, 4.69) is 22.6 Å². The van der Waals surface area contributed by atoms with E-state index in [0.717, 1.165) is 19.4 Å². The van der Waals surface area contributed by atoms with Gasteiger partial charge in [0.05, 0.1) is 22.0 Å². The Hall–Kier alpha value is -0.363. The highest BCUT2D eigenvalue weighted by Crippen LogP contribution is 2.14. The van der Waals surface area contributed by atoms with Crippen molar-refractivity contribution < 1.29 is 9.53 Å². The third-order valence-electron chi connectivity index (χ3n) is 1.62. The predicted octanol–water partition coefficient (Wildman–Crippen LogP) is 1.08. The smallest absolute Gasteiger partial charge is 0.338 e. The number of hydrogen-bond donors (Lipinski definition) is 0. The van der Waals surface area contributed by atoms with E-state index in [9.17, 15) is 4.79 Å². The second-order valence-electron chi connectivity index (χ2n) is 2.70. The second-order valence-corrected chi connectivity index (χ2v) is 4.44. The number of rotatable bonds is 2. The number of hydrogen-bond acceptors (Lipinski definition) is 2. The summed E-state index contributed by atoms with van der Waals surface area (Å²) in [6.07, 6.45) is 0.558. The fraction of sp³-hybridized carbons (Fsp3) is 0.222. The van der Waals surface area contributed by atoms with Crippen LogP contribution in [-0.2, 0) is 4.74 Å². The molecule has 0 amide bonds. The molecule has 0 spiro atoms. The molecule has 0 fully saturated rings. The van der Waals surface area contributed by atoms with Gasteiger partial charge in [-0.1, -0.05) is 11.6 Å². The molecule has 0 aromatic heterocycles. The van der Waals surface area contributed by atoms with E-state index in [4.69, 9.17) is 4.74 Å². The van der Waals surface area contributed by atoms with E-state index in [0.29, 0.717) is 11.8 Å². The average molecular weight is 306 g/mol. The van der Waals surface area contributed by atoms with Crippen LogP contribution in [0.25, 0.3) is 0 Å². The number of aryl methyl sites for hydroxylation is 1. The van der Waals surface area contributed by atoms with E-state index in [1.807, 2.05) is 25.1 Å². The van der Waals surface area contributed by atoms with E-state index in [1.165, 1.54) is 0 Å². The molecule has 13 heavy (non-hydrogen) atoms. The molecule has 0 unspecified atom stereocenters. The Balaban J connectivity index is 2.99. The van der Waals surface area contributed by atoms with Gasteiger partial charge in [0.1, 0.15) is 0 Å². The van der Waals surface area contributed by atoms with E-state index in [1.54, 1.807) is 0 Å². The lowest BCUT2D eigenvalue weighted by Gasteiger charge is -2.04. The standard InChI is InChI=1S/C9H11IO2Si/c1-6-2-3-8(10)7(4-6)9(11)12-5-13/h2-4H,5H2,1,13H3. The SMILES string of the molecule is Cc1ccc(I)c(C(=O)OC[SiH3])c1. The van der Waals surface area contributed by atoms with Gasteiger partial charge in [0.2, 0.25) is 0 Å². The summed E-state index contributed by atoms with van der Waals surface area (Å²) in [5.74, 6) is -0.205. The summed E-state index contributed by atoms with van der Waals surface area (Å²) in [5, 5.41) is 0. The van der Waals surface area contributed by atoms with Crippen LogP contribution in [0.5, 0.6) is 0 Å². The first-order valence-corrected chi connectivity index (χ1v) is 6.57. The van der Waals surface area contributed by atoms with Crippen LogP contribution in [-0.4, -0.2) is 22.4 Å². The van der Waals surface area contributed by atoms with Crippen molar-refractivity contribution in [2.24, 2.45) is 0 Å². The molecular formula is C9H11IO2Si. The monoisotopic (exact) mass is 306 g/mol. The minimum absolute atomic E-state index is 0.205. The molecule has 4 heteroatoms. The lowest BCUT2D eigenvalue weighted by Crippen LogP contribution is -2.08. The molecule has 0 aliphatic rings. The van der Waals surface area contributed by atoms with Crippen molar-refractivity contribution >= 4 is 38.8 Å². The van der Waals surface area contributed by atoms with Gasteiger partial charge in [-0.3, -0.25) is 0 Å². The maximum Gasteiger partial charge on any atom is 0.338 e. The third-order valence-corrected chi connectivity index (χ3v) is 2.85. The highest BCUT2D eigenvalue weighted by Gasteiger charge is 2.10. The van der Waals surface area contributed by atoms with Crippen LogP contribution in [0.4, 0.5) is 0 Å². The first kappa shape index (κ1) is 10.7. The molecule has 70 valence electrons. The Morgan fingerprint density at radius 3 is 2.92 bits per heavy atom. The summed E-state index contributed by atoms with van der Waals surface area (Å²) in [4.78, 5) is 11.4. The predicted molar refractivity (Wildman–Crippen MR) is 64.1 cm³/mol. The zero-order valence-corrected chi connectivity index (χ0v) is 11.8. The molecular weight excluding hydrogens is 295 g/mol. The fourth-order valence-corrected chi connectivity index (χ4v) is 1.82. The quantitative estimate of drug-likeness (QED) is 0.464. The van der Waals surface area contributed by atoms with Crippen LogP contribution in [0.2, 0.25) is 0 Å². The molecule has 0 aliphatic heterocycles. The topological polar surface area (TPSA) is 26.3 Å². The summed E-state index contributed by atoms with van der Waals surface area (Å²) in [6.45, 7) is 1.97. The molecule has 2 nitrogen and oxygen atoms in total. The molecule has 1 aromatic carbocycles. The molecule has 1 aromatic rings. The van der Waals surface area contributed by atoms with Crippen LogP contribution in [0.3, 0.4) is 0 Å². The Kier molecular flexibility index (Phi) is 3.92. The number of halogens is 1. The molecule has 0 saturated carbocycles. The number of benzene rings is 1. The molecule has 0 saturated heterocycles. The first-order valence-electron chi connectivity index (χ1n) is 4.08. The van der Waals surface area contributed by atoms with E-state index >= 15 is 0 Å². The lowest BCUT2D eigenvalue weighted by atomic mass is 10.1. The maximum atomic E-state index is 11.4. The van der Waals surface area contributed by atoms with Gasteiger partial charge in [-0.05, 0) is 41.6 Å². The molecule has 0 radical (unpaired) electrons. The van der Waals surface area contributed by atoms with Gasteiger partial charge in [-0.25, -0.2) is 4.79 Å². The molecule has 0 aliphatic carbocycles. The highest BCUT2D eigenvalue weighted by molar-refractivity contribution is 14.1. The van der Waals surface area contributed by atoms with Crippen LogP contribution in [0, 0.1) is 10.5 Å². The lowest BCUT2D eigenvalue weighted by molar-refractivity contribution is 0.0572. The van der Waals surface area contributed by atoms with Crippen molar-refractivity contribution in [2.75, 3.05) is 6.23 Å². The first-order chi connectivity index (χ1) is 6.15. The summed E-state index contributed by atoms with van der Waals surface area (Å²) >= 11 is 2.14. The Bertz CT molecular complexity index is 325. The molecule has 0 N–H and O–H groups in total. The van der Waals surface area contributed by atoms with Gasteiger partial charge in [0, 0.05) is 3.57 Å². The zero-order valence-electron chi connectivity index (χ0n) is 7.63. The summed E-state index contributed by atoms with van der Waals surface area (Å²) in [7, 11) is 0.889. The van der Waals surface area contributed by atoms with Gasteiger partial charge in [-0.15, -0.1) is 0 Å². The van der Waals surface area contributed by atoms with Crippen molar-refractivity contribution in [3.05, 3.63) is 32.9 Å². The van der Waals surface area contributed by atoms with E-state index < -0.39 is 0 Å². The fourth-order valence-electron chi connectivity index (χ4n) is 1.00. The number of esters is 1. The van der Waals surface area contributed by atoms with E-state index in [-0.39, 0.29) is 5.97 Å². The number of carbonyl (C=O) groups is 1. The Labute approximate surface area is 94.2 Å². The minimum Gasteiger partial charge on any atom is -0.467 e. The number of ether oxygens (including phenoxy) is 1. The second kappa shape index (κ2) is 4.76. The normalized spacial score (nSPS) is 10.0. The summed E-state index contributed by atoms with van der Waals surface area (Å²) in [6, 6.07) is 5.78. The van der Waals surface area contributed by atoms with Gasteiger partial charge >= 0.3 is 5.97 Å². The number of carbonyl (C=O) groups excluding carboxylic acids is 1. The molecule has 0 atom stereocenters. The van der Waals surface area contributed by atoms with Crippen molar-refractivity contribution in [1.82, 2.24) is 0 Å². The Morgan fingerprint density at radius 2 is 2.31 bits per heavy atom. The van der Waals surface area contributed by atoms with Crippen LogP contribution >= 0.6 is 22.6 Å². The van der Waals surface area contributed by atoms with Crippen molar-refractivity contribution in [1.29, 1.82) is 0 Å². The third kappa shape index (κ3) is 2.80. The van der Waals surface area contributed by atoms with Crippen molar-refractivity contribution in [2.45, 2.75) is 6.92 Å². The van der Waals surface area contributed by atoms with Crippen molar-refractivity contribution in [3.8, 4) is 0 Å². The van der Waals surface area contributed by atoms with Crippen molar-refractivity contribution in [3.63, 3.8) is 0 Å². The summed E-state index contributed by atoms with van der Waals surface area (Å²) in [5.41, 5.74) is 1.76. The van der Waals surface area contributed by atoms with Gasteiger partial charge in [-0.2, -0.15) is 0 Å². The summed E-state index contributed by atoms with van der Waals surface area (Å²) < 4.78 is 5.93. The highest BCUT2D eigenvalue weighted by atomic mass is 127. The van der Waals surface area contributed by atoms with Gasteiger partial charge < -0.3 is 4.74 Å². The Morgan fingerprint density at radius 1 is 1.62 bits per heavy atom. The molecule has 0 heterocycles.